The molecule has 2 heterocycles. The molecule has 0 saturated carbocycles. The van der Waals surface area contributed by atoms with Gasteiger partial charge in [0.05, 0.1) is 5.69 Å². The minimum Gasteiger partial charge on any atom is -0.338 e. The van der Waals surface area contributed by atoms with Crippen molar-refractivity contribution in [2.24, 2.45) is 11.7 Å². The van der Waals surface area contributed by atoms with Crippen LogP contribution in [0.4, 0.5) is 0 Å². The van der Waals surface area contributed by atoms with Crippen molar-refractivity contribution in [1.29, 1.82) is 0 Å². The summed E-state index contributed by atoms with van der Waals surface area (Å²) >= 11 is 0. The van der Waals surface area contributed by atoms with E-state index in [0.29, 0.717) is 37.0 Å². The maximum Gasteiger partial charge on any atom is 0.253 e. The van der Waals surface area contributed by atoms with E-state index >= 15 is 0 Å². The predicted molar refractivity (Wildman–Crippen MR) is 106 cm³/mol. The highest BCUT2D eigenvalue weighted by molar-refractivity contribution is 5.94. The van der Waals surface area contributed by atoms with E-state index in [1.165, 1.54) is 5.56 Å². The van der Waals surface area contributed by atoms with Gasteiger partial charge >= 0.3 is 0 Å². The molecule has 2 atom stereocenters. The Hall–Kier alpha value is -2.92. The lowest BCUT2D eigenvalue weighted by molar-refractivity contribution is 0.0786. The molecule has 138 valence electrons. The quantitative estimate of drug-likeness (QED) is 0.778. The smallest absolute Gasteiger partial charge is 0.253 e. The van der Waals surface area contributed by atoms with Gasteiger partial charge in [0, 0.05) is 36.5 Å². The second kappa shape index (κ2) is 7.37. The number of nitrogens with zero attached hydrogens (tertiary/aromatic N) is 3. The topological polar surface area (TPSA) is 64.2 Å². The van der Waals surface area contributed by atoms with E-state index in [1.54, 1.807) is 6.20 Å². The molecule has 1 aromatic heterocycles. The Kier molecular flexibility index (Phi) is 4.77. The van der Waals surface area contributed by atoms with Crippen LogP contribution < -0.4 is 5.73 Å². The largest absolute Gasteiger partial charge is 0.338 e. The van der Waals surface area contributed by atoms with Crippen LogP contribution in [0.25, 0.3) is 5.69 Å². The standard InChI is InChI=1S/C22H24N4O/c1-16-11-12-24-26(16)20-9-7-18(8-10-20)22(27)25-14-19(13-23)21(15-25)17-5-3-2-4-6-17/h2-12,19,21H,13-15,23H2,1H3/t19-,21+/m1/s1. The molecule has 3 aromatic rings. The van der Waals surface area contributed by atoms with E-state index in [1.807, 2.05) is 65.0 Å². The number of nitrogens with two attached hydrogens (primary N) is 1. The van der Waals surface area contributed by atoms with Crippen LogP contribution in [0.5, 0.6) is 0 Å². The fraction of sp³-hybridized carbons (Fsp3) is 0.273. The monoisotopic (exact) mass is 360 g/mol. The molecule has 1 saturated heterocycles. The highest BCUT2D eigenvalue weighted by Gasteiger charge is 2.35. The molecule has 2 aromatic carbocycles. The van der Waals surface area contributed by atoms with Gasteiger partial charge in [0.1, 0.15) is 0 Å². The molecule has 4 rings (SSSR count). The highest BCUT2D eigenvalue weighted by atomic mass is 16.2. The van der Waals surface area contributed by atoms with Gasteiger partial charge < -0.3 is 10.6 Å². The van der Waals surface area contributed by atoms with Gasteiger partial charge in [-0.1, -0.05) is 30.3 Å². The molecular formula is C22H24N4O. The number of rotatable bonds is 4. The van der Waals surface area contributed by atoms with Crippen molar-refractivity contribution in [3.63, 3.8) is 0 Å². The average molecular weight is 360 g/mol. The number of amides is 1. The third kappa shape index (κ3) is 3.38. The molecule has 27 heavy (non-hydrogen) atoms. The van der Waals surface area contributed by atoms with Crippen LogP contribution in [0.15, 0.2) is 66.9 Å². The van der Waals surface area contributed by atoms with E-state index < -0.39 is 0 Å². The molecule has 1 fully saturated rings. The van der Waals surface area contributed by atoms with Crippen molar-refractivity contribution < 1.29 is 4.79 Å². The van der Waals surface area contributed by atoms with Crippen LogP contribution in [-0.2, 0) is 0 Å². The SMILES string of the molecule is Cc1ccnn1-c1ccc(C(=O)N2C[C@@H](CN)[C@H](c3ccccc3)C2)cc1. The maximum absolute atomic E-state index is 13.0. The zero-order valence-electron chi connectivity index (χ0n) is 15.5. The van der Waals surface area contributed by atoms with Crippen LogP contribution in [0.3, 0.4) is 0 Å². The van der Waals surface area contributed by atoms with E-state index in [9.17, 15) is 4.79 Å². The number of carbonyl (C=O) groups is 1. The summed E-state index contributed by atoms with van der Waals surface area (Å²) in [5.74, 6) is 0.657. The predicted octanol–water partition coefficient (Wildman–Crippen LogP) is 3.00. The maximum atomic E-state index is 13.0. The molecule has 0 unspecified atom stereocenters. The number of hydrogen-bond donors (Lipinski definition) is 1. The molecule has 5 nitrogen and oxygen atoms in total. The molecule has 1 aliphatic heterocycles. The van der Waals surface area contributed by atoms with E-state index in [0.717, 1.165) is 11.4 Å². The van der Waals surface area contributed by atoms with E-state index in [4.69, 9.17) is 5.73 Å². The summed E-state index contributed by atoms with van der Waals surface area (Å²) in [6, 6.07) is 20.0. The number of carbonyl (C=O) groups excluding carboxylic acids is 1. The van der Waals surface area contributed by atoms with Crippen molar-refractivity contribution in [2.75, 3.05) is 19.6 Å². The van der Waals surface area contributed by atoms with Gasteiger partial charge in [-0.15, -0.1) is 0 Å². The lowest BCUT2D eigenvalue weighted by atomic mass is 9.89. The molecular weight excluding hydrogens is 336 g/mol. The van der Waals surface area contributed by atoms with E-state index in [-0.39, 0.29) is 5.91 Å². The van der Waals surface area contributed by atoms with Crippen LogP contribution >= 0.6 is 0 Å². The molecule has 5 heteroatoms. The summed E-state index contributed by atoms with van der Waals surface area (Å²) in [6.07, 6.45) is 1.77. The van der Waals surface area contributed by atoms with Crippen LogP contribution in [0, 0.1) is 12.8 Å². The van der Waals surface area contributed by atoms with Gasteiger partial charge in [-0.2, -0.15) is 5.10 Å². The second-order valence-corrected chi connectivity index (χ2v) is 7.15. The number of likely N-dealkylation sites (tertiary alicyclic amines) is 1. The molecule has 0 bridgehead atoms. The van der Waals surface area contributed by atoms with Gasteiger partial charge in [0.15, 0.2) is 0 Å². The molecule has 1 aliphatic rings. The van der Waals surface area contributed by atoms with Gasteiger partial charge in [0.25, 0.3) is 5.91 Å². The van der Waals surface area contributed by atoms with E-state index in [2.05, 4.69) is 17.2 Å². The molecule has 0 radical (unpaired) electrons. The Morgan fingerprint density at radius 1 is 1.07 bits per heavy atom. The van der Waals surface area contributed by atoms with Gasteiger partial charge in [0.2, 0.25) is 0 Å². The first-order valence-corrected chi connectivity index (χ1v) is 9.32. The number of aryl methyl sites for hydroxylation is 1. The van der Waals surface area contributed by atoms with Crippen molar-refractivity contribution in [2.45, 2.75) is 12.8 Å². The first-order chi connectivity index (χ1) is 13.2. The van der Waals surface area contributed by atoms with Gasteiger partial charge in [-0.05, 0) is 55.3 Å². The van der Waals surface area contributed by atoms with Gasteiger partial charge in [-0.25, -0.2) is 4.68 Å². The summed E-state index contributed by atoms with van der Waals surface area (Å²) in [5, 5.41) is 4.31. The molecule has 0 aliphatic carbocycles. The first-order valence-electron chi connectivity index (χ1n) is 9.32. The highest BCUT2D eigenvalue weighted by Crippen LogP contribution is 2.32. The summed E-state index contributed by atoms with van der Waals surface area (Å²) in [4.78, 5) is 14.9. The number of aromatic nitrogens is 2. The Bertz CT molecular complexity index is 917. The zero-order valence-corrected chi connectivity index (χ0v) is 15.5. The van der Waals surface area contributed by atoms with Crippen molar-refractivity contribution in [3.8, 4) is 5.69 Å². The molecule has 2 N–H and O–H groups in total. The number of hydrogen-bond acceptors (Lipinski definition) is 3. The molecule has 0 spiro atoms. The van der Waals surface area contributed by atoms with Crippen LogP contribution in [0.1, 0.15) is 27.5 Å². The third-order valence-corrected chi connectivity index (χ3v) is 5.45. The lowest BCUT2D eigenvalue weighted by Gasteiger charge is -2.17. The Balaban J connectivity index is 1.52. The lowest BCUT2D eigenvalue weighted by Crippen LogP contribution is -2.29. The third-order valence-electron chi connectivity index (χ3n) is 5.45. The van der Waals surface area contributed by atoms with Gasteiger partial charge in [-0.3, -0.25) is 4.79 Å². The Morgan fingerprint density at radius 2 is 1.81 bits per heavy atom. The summed E-state index contributed by atoms with van der Waals surface area (Å²) in [6.45, 7) is 4.01. The van der Waals surface area contributed by atoms with Crippen LogP contribution in [-0.4, -0.2) is 40.2 Å². The minimum absolute atomic E-state index is 0.0654. The normalized spacial score (nSPS) is 19.4. The Morgan fingerprint density at radius 3 is 2.44 bits per heavy atom. The van der Waals surface area contributed by atoms with Crippen LogP contribution in [0.2, 0.25) is 0 Å². The Labute approximate surface area is 159 Å². The molecule has 1 amide bonds. The average Bonchev–Trinajstić information content (AvgIpc) is 3.34. The fourth-order valence-corrected chi connectivity index (χ4v) is 3.92. The minimum atomic E-state index is 0.0654. The second-order valence-electron chi connectivity index (χ2n) is 7.15. The number of benzene rings is 2. The summed E-state index contributed by atoms with van der Waals surface area (Å²) < 4.78 is 1.86. The van der Waals surface area contributed by atoms with Crippen molar-refractivity contribution in [1.82, 2.24) is 14.7 Å². The zero-order chi connectivity index (χ0) is 18.8. The fourth-order valence-electron chi connectivity index (χ4n) is 3.92. The van der Waals surface area contributed by atoms with Crippen molar-refractivity contribution >= 4 is 5.91 Å². The van der Waals surface area contributed by atoms with Crippen molar-refractivity contribution in [3.05, 3.63) is 83.7 Å². The first kappa shape index (κ1) is 17.5. The summed E-state index contributed by atoms with van der Waals surface area (Å²) in [7, 11) is 0. The summed E-state index contributed by atoms with van der Waals surface area (Å²) in [5.41, 5.74) is 9.98.